The summed E-state index contributed by atoms with van der Waals surface area (Å²) in [6, 6.07) is 5.69. The van der Waals surface area contributed by atoms with E-state index in [9.17, 15) is 4.79 Å². The standard InChI is InChI=1S/C13H17NO2/c1-10(12-6-2-3-7-14-12)13(15)11-5-4-8-16-9-11/h2-3,6-7,10-11H,4-5,8-9H2,1H3. The zero-order valence-corrected chi connectivity index (χ0v) is 9.56. The Labute approximate surface area is 95.8 Å². The molecule has 2 rings (SSSR count). The molecule has 1 aromatic rings. The molecule has 0 amide bonds. The number of pyridine rings is 1. The van der Waals surface area contributed by atoms with Crippen molar-refractivity contribution in [3.05, 3.63) is 30.1 Å². The minimum atomic E-state index is -0.118. The van der Waals surface area contributed by atoms with Gasteiger partial charge in [0, 0.05) is 18.7 Å². The fraction of sp³-hybridized carbons (Fsp3) is 0.538. The number of carbonyl (C=O) groups excluding carboxylic acids is 1. The second-order valence-electron chi connectivity index (χ2n) is 4.29. The molecule has 1 fully saturated rings. The minimum Gasteiger partial charge on any atom is -0.381 e. The average molecular weight is 219 g/mol. The quantitative estimate of drug-likeness (QED) is 0.782. The van der Waals surface area contributed by atoms with Crippen molar-refractivity contribution in [1.29, 1.82) is 0 Å². The average Bonchev–Trinajstić information content (AvgIpc) is 2.39. The van der Waals surface area contributed by atoms with Crippen LogP contribution in [0.3, 0.4) is 0 Å². The lowest BCUT2D eigenvalue weighted by Crippen LogP contribution is -2.28. The SMILES string of the molecule is CC(C(=O)C1CCCOC1)c1ccccn1. The minimum absolute atomic E-state index is 0.0609. The van der Waals surface area contributed by atoms with Crippen LogP contribution >= 0.6 is 0 Å². The molecule has 0 N–H and O–H groups in total. The second-order valence-corrected chi connectivity index (χ2v) is 4.29. The maximum Gasteiger partial charge on any atom is 0.147 e. The zero-order chi connectivity index (χ0) is 11.4. The first kappa shape index (κ1) is 11.3. The van der Waals surface area contributed by atoms with Crippen molar-refractivity contribution in [2.24, 2.45) is 5.92 Å². The summed E-state index contributed by atoms with van der Waals surface area (Å²) in [6.45, 7) is 3.30. The van der Waals surface area contributed by atoms with Gasteiger partial charge in [0.05, 0.1) is 18.2 Å². The Hall–Kier alpha value is -1.22. The first-order valence-electron chi connectivity index (χ1n) is 5.81. The van der Waals surface area contributed by atoms with Crippen LogP contribution in [0.2, 0.25) is 0 Å². The van der Waals surface area contributed by atoms with E-state index in [0.717, 1.165) is 25.1 Å². The molecule has 1 aromatic heterocycles. The van der Waals surface area contributed by atoms with E-state index >= 15 is 0 Å². The van der Waals surface area contributed by atoms with E-state index in [-0.39, 0.29) is 17.6 Å². The van der Waals surface area contributed by atoms with Gasteiger partial charge in [0.15, 0.2) is 0 Å². The topological polar surface area (TPSA) is 39.2 Å². The van der Waals surface area contributed by atoms with E-state index < -0.39 is 0 Å². The molecule has 2 heterocycles. The van der Waals surface area contributed by atoms with Crippen molar-refractivity contribution in [1.82, 2.24) is 4.98 Å². The molecule has 0 aromatic carbocycles. The Morgan fingerprint density at radius 2 is 2.44 bits per heavy atom. The van der Waals surface area contributed by atoms with Gasteiger partial charge < -0.3 is 4.74 Å². The van der Waals surface area contributed by atoms with Crippen molar-refractivity contribution in [2.45, 2.75) is 25.7 Å². The van der Waals surface area contributed by atoms with Gasteiger partial charge in [-0.3, -0.25) is 9.78 Å². The third kappa shape index (κ3) is 2.47. The van der Waals surface area contributed by atoms with E-state index in [1.165, 1.54) is 0 Å². The molecule has 0 bridgehead atoms. The van der Waals surface area contributed by atoms with E-state index in [4.69, 9.17) is 4.74 Å². The Bertz CT molecular complexity index is 344. The summed E-state index contributed by atoms with van der Waals surface area (Å²) in [5.74, 6) is 0.206. The molecule has 1 aliphatic rings. The molecule has 0 radical (unpaired) electrons. The van der Waals surface area contributed by atoms with Crippen LogP contribution in [0.5, 0.6) is 0 Å². The van der Waals surface area contributed by atoms with Gasteiger partial charge in [0.1, 0.15) is 5.78 Å². The number of Topliss-reactive ketones (excluding diaryl/α,β-unsaturated/α-hetero) is 1. The maximum absolute atomic E-state index is 12.2. The van der Waals surface area contributed by atoms with Gasteiger partial charge in [-0.25, -0.2) is 0 Å². The number of hydrogen-bond acceptors (Lipinski definition) is 3. The monoisotopic (exact) mass is 219 g/mol. The van der Waals surface area contributed by atoms with Gasteiger partial charge in [0.2, 0.25) is 0 Å². The van der Waals surface area contributed by atoms with Gasteiger partial charge >= 0.3 is 0 Å². The number of ketones is 1. The number of aromatic nitrogens is 1. The van der Waals surface area contributed by atoms with Crippen molar-refractivity contribution in [3.63, 3.8) is 0 Å². The first-order valence-corrected chi connectivity index (χ1v) is 5.81. The first-order chi connectivity index (χ1) is 7.79. The summed E-state index contributed by atoms with van der Waals surface area (Å²) in [7, 11) is 0. The molecule has 3 heteroatoms. The lowest BCUT2D eigenvalue weighted by atomic mass is 9.88. The summed E-state index contributed by atoms with van der Waals surface area (Å²) in [4.78, 5) is 16.4. The molecule has 2 atom stereocenters. The molecule has 0 aliphatic carbocycles. The molecule has 16 heavy (non-hydrogen) atoms. The van der Waals surface area contributed by atoms with E-state index in [1.54, 1.807) is 6.20 Å². The highest BCUT2D eigenvalue weighted by Gasteiger charge is 2.27. The zero-order valence-electron chi connectivity index (χ0n) is 9.56. The molecular formula is C13H17NO2. The van der Waals surface area contributed by atoms with Crippen LogP contribution < -0.4 is 0 Å². The van der Waals surface area contributed by atoms with Crippen LogP contribution in [-0.2, 0) is 9.53 Å². The normalized spacial score (nSPS) is 22.7. The molecular weight excluding hydrogens is 202 g/mol. The highest BCUT2D eigenvalue weighted by Crippen LogP contribution is 2.23. The second kappa shape index (κ2) is 5.21. The molecule has 86 valence electrons. The van der Waals surface area contributed by atoms with E-state index in [2.05, 4.69) is 4.98 Å². The lowest BCUT2D eigenvalue weighted by molar-refractivity contribution is -0.128. The van der Waals surface area contributed by atoms with E-state index in [1.807, 2.05) is 25.1 Å². The van der Waals surface area contributed by atoms with Crippen LogP contribution in [0.25, 0.3) is 0 Å². The van der Waals surface area contributed by atoms with Gasteiger partial charge in [-0.15, -0.1) is 0 Å². The molecule has 1 saturated heterocycles. The number of rotatable bonds is 3. The van der Waals surface area contributed by atoms with Crippen molar-refractivity contribution < 1.29 is 9.53 Å². The lowest BCUT2D eigenvalue weighted by Gasteiger charge is -2.23. The summed E-state index contributed by atoms with van der Waals surface area (Å²) in [5, 5.41) is 0. The third-order valence-electron chi connectivity index (χ3n) is 3.12. The van der Waals surface area contributed by atoms with Crippen LogP contribution in [0, 0.1) is 5.92 Å². The summed E-state index contributed by atoms with van der Waals surface area (Å²) in [6.07, 6.45) is 3.68. The van der Waals surface area contributed by atoms with Crippen LogP contribution in [-0.4, -0.2) is 24.0 Å². The predicted molar refractivity (Wildman–Crippen MR) is 61.2 cm³/mol. The Balaban J connectivity index is 2.04. The Morgan fingerprint density at radius 1 is 1.56 bits per heavy atom. The summed E-state index contributed by atoms with van der Waals surface area (Å²) < 4.78 is 5.35. The summed E-state index contributed by atoms with van der Waals surface area (Å²) >= 11 is 0. The number of ether oxygens (including phenoxy) is 1. The van der Waals surface area contributed by atoms with Gasteiger partial charge in [-0.1, -0.05) is 6.07 Å². The largest absolute Gasteiger partial charge is 0.381 e. The smallest absolute Gasteiger partial charge is 0.147 e. The van der Waals surface area contributed by atoms with Crippen molar-refractivity contribution in [2.75, 3.05) is 13.2 Å². The molecule has 3 nitrogen and oxygen atoms in total. The molecule has 0 spiro atoms. The van der Waals surface area contributed by atoms with Crippen molar-refractivity contribution >= 4 is 5.78 Å². The van der Waals surface area contributed by atoms with Crippen LogP contribution in [0.4, 0.5) is 0 Å². The van der Waals surface area contributed by atoms with Crippen molar-refractivity contribution in [3.8, 4) is 0 Å². The Morgan fingerprint density at radius 3 is 3.06 bits per heavy atom. The fourth-order valence-corrected chi connectivity index (χ4v) is 2.10. The predicted octanol–water partition coefficient (Wildman–Crippen LogP) is 2.18. The number of nitrogens with zero attached hydrogens (tertiary/aromatic N) is 1. The number of carbonyl (C=O) groups is 1. The van der Waals surface area contributed by atoms with Gasteiger partial charge in [0.25, 0.3) is 0 Å². The fourth-order valence-electron chi connectivity index (χ4n) is 2.10. The highest BCUT2D eigenvalue weighted by molar-refractivity contribution is 5.87. The maximum atomic E-state index is 12.2. The molecule has 0 saturated carbocycles. The Kier molecular flexibility index (Phi) is 3.67. The van der Waals surface area contributed by atoms with E-state index in [0.29, 0.717) is 6.61 Å². The van der Waals surface area contributed by atoms with Crippen LogP contribution in [0.15, 0.2) is 24.4 Å². The summed E-state index contributed by atoms with van der Waals surface area (Å²) in [5.41, 5.74) is 0.859. The molecule has 1 aliphatic heterocycles. The van der Waals surface area contributed by atoms with Crippen LogP contribution in [0.1, 0.15) is 31.4 Å². The third-order valence-corrected chi connectivity index (χ3v) is 3.12. The van der Waals surface area contributed by atoms with Gasteiger partial charge in [-0.05, 0) is 31.9 Å². The highest BCUT2D eigenvalue weighted by atomic mass is 16.5. The van der Waals surface area contributed by atoms with Gasteiger partial charge in [-0.2, -0.15) is 0 Å². The molecule has 2 unspecified atom stereocenters. The number of hydrogen-bond donors (Lipinski definition) is 0.